The normalized spacial score (nSPS) is 13.7. The van der Waals surface area contributed by atoms with Gasteiger partial charge in [-0.05, 0) is 12.1 Å². The third kappa shape index (κ3) is 3.80. The van der Waals surface area contributed by atoms with Gasteiger partial charge in [-0.1, -0.05) is 11.6 Å². The molecule has 0 aliphatic carbocycles. The van der Waals surface area contributed by atoms with E-state index in [1.807, 2.05) is 0 Å². The van der Waals surface area contributed by atoms with Crippen molar-refractivity contribution >= 4 is 27.3 Å². The second-order valence-electron chi connectivity index (χ2n) is 4.20. The highest BCUT2D eigenvalue weighted by Gasteiger charge is 2.27. The van der Waals surface area contributed by atoms with Gasteiger partial charge in [-0.3, -0.25) is 0 Å². The van der Waals surface area contributed by atoms with E-state index in [1.165, 1.54) is 14.2 Å². The van der Waals surface area contributed by atoms with Crippen molar-refractivity contribution in [2.45, 2.75) is 11.0 Å². The van der Waals surface area contributed by atoms with Crippen LogP contribution in [-0.4, -0.2) is 51.2 Å². The van der Waals surface area contributed by atoms with E-state index < -0.39 is 26.8 Å². The van der Waals surface area contributed by atoms with Crippen LogP contribution in [0.1, 0.15) is 0 Å². The molecule has 1 aromatic rings. The van der Waals surface area contributed by atoms with Crippen molar-refractivity contribution in [1.29, 1.82) is 0 Å². The zero-order chi connectivity index (χ0) is 15.5. The molecular weight excluding hydrogens is 311 g/mol. The number of nitrogens with two attached hydrogens (primary N) is 1. The molecule has 20 heavy (non-hydrogen) atoms. The summed E-state index contributed by atoms with van der Waals surface area (Å²) >= 11 is 5.69. The van der Waals surface area contributed by atoms with Crippen LogP contribution in [0.2, 0.25) is 5.02 Å². The third-order valence-corrected chi connectivity index (χ3v) is 4.59. The molecule has 1 unspecified atom stereocenters. The second kappa shape index (κ2) is 6.68. The van der Waals surface area contributed by atoms with Crippen molar-refractivity contribution in [2.24, 2.45) is 0 Å². The Morgan fingerprint density at radius 2 is 2.15 bits per heavy atom. The smallest absolute Gasteiger partial charge is 0.245 e. The number of aliphatic hydroxyl groups excluding tert-OH is 1. The lowest BCUT2D eigenvalue weighted by Crippen LogP contribution is -2.36. The molecule has 0 spiro atoms. The minimum atomic E-state index is -4.15. The largest absolute Gasteiger partial charge is 0.396 e. The van der Waals surface area contributed by atoms with E-state index >= 15 is 0 Å². The number of rotatable bonds is 6. The third-order valence-electron chi connectivity index (χ3n) is 2.55. The van der Waals surface area contributed by atoms with Crippen LogP contribution in [0.5, 0.6) is 0 Å². The monoisotopic (exact) mass is 326 g/mol. The van der Waals surface area contributed by atoms with E-state index in [2.05, 4.69) is 0 Å². The summed E-state index contributed by atoms with van der Waals surface area (Å²) in [5.41, 5.74) is 5.00. The molecule has 6 nitrogen and oxygen atoms in total. The number of methoxy groups -OCH3 is 1. The molecule has 114 valence electrons. The maximum absolute atomic E-state index is 13.8. The lowest BCUT2D eigenvalue weighted by Gasteiger charge is -2.20. The van der Waals surface area contributed by atoms with E-state index in [4.69, 9.17) is 22.1 Å². The number of likely N-dealkylation sites (N-methyl/N-ethyl adjacent to an activating group) is 1. The first-order chi connectivity index (χ1) is 9.20. The molecule has 0 saturated heterocycles. The fourth-order valence-corrected chi connectivity index (χ4v) is 3.20. The van der Waals surface area contributed by atoms with Crippen molar-refractivity contribution in [3.05, 3.63) is 23.0 Å². The molecule has 0 radical (unpaired) electrons. The number of anilines is 1. The van der Waals surface area contributed by atoms with Gasteiger partial charge < -0.3 is 15.6 Å². The zero-order valence-electron chi connectivity index (χ0n) is 11.0. The fraction of sp³-hybridized carbons (Fsp3) is 0.455. The van der Waals surface area contributed by atoms with Crippen molar-refractivity contribution < 1.29 is 22.7 Å². The van der Waals surface area contributed by atoms with Gasteiger partial charge >= 0.3 is 0 Å². The number of nitrogen functional groups attached to an aromatic ring is 1. The Kier molecular flexibility index (Phi) is 5.72. The molecule has 1 atom stereocenters. The fourth-order valence-electron chi connectivity index (χ4n) is 1.58. The quantitative estimate of drug-likeness (QED) is 0.750. The minimum Gasteiger partial charge on any atom is -0.396 e. The van der Waals surface area contributed by atoms with Gasteiger partial charge in [-0.2, -0.15) is 4.31 Å². The minimum absolute atomic E-state index is 0.00770. The number of hydrogen-bond donors (Lipinski definition) is 2. The molecule has 0 bridgehead atoms. The predicted molar refractivity (Wildman–Crippen MR) is 73.5 cm³/mol. The van der Waals surface area contributed by atoms with Gasteiger partial charge in [0, 0.05) is 25.7 Å². The predicted octanol–water partition coefficient (Wildman–Crippen LogP) is 0.689. The van der Waals surface area contributed by atoms with Crippen molar-refractivity contribution in [3.63, 3.8) is 0 Å². The Bertz CT molecular complexity index is 582. The highest BCUT2D eigenvalue weighted by atomic mass is 35.5. The molecule has 0 amide bonds. The van der Waals surface area contributed by atoms with Crippen LogP contribution in [0.15, 0.2) is 17.0 Å². The number of hydrogen-bond acceptors (Lipinski definition) is 5. The van der Waals surface area contributed by atoms with E-state index in [0.717, 1.165) is 16.4 Å². The van der Waals surface area contributed by atoms with Crippen LogP contribution in [0.3, 0.4) is 0 Å². The Morgan fingerprint density at radius 1 is 1.55 bits per heavy atom. The Labute approximate surface area is 121 Å². The molecule has 1 aromatic carbocycles. The van der Waals surface area contributed by atoms with Gasteiger partial charge in [0.25, 0.3) is 0 Å². The molecule has 3 N–H and O–H groups in total. The average molecular weight is 327 g/mol. The number of sulfonamides is 1. The first kappa shape index (κ1) is 17.1. The summed E-state index contributed by atoms with van der Waals surface area (Å²) in [6.07, 6.45) is -1.03. The summed E-state index contributed by atoms with van der Waals surface area (Å²) in [5.74, 6) is -1.07. The molecule has 0 aliphatic rings. The lowest BCUT2D eigenvalue weighted by molar-refractivity contribution is 0.0554. The van der Waals surface area contributed by atoms with Crippen molar-refractivity contribution in [3.8, 4) is 0 Å². The Hall–Kier alpha value is -0.930. The summed E-state index contributed by atoms with van der Waals surface area (Å²) in [6, 6.07) is 2.09. The molecule has 0 fully saturated rings. The van der Waals surface area contributed by atoms with Gasteiger partial charge in [0.1, 0.15) is 4.90 Å². The van der Waals surface area contributed by atoms with E-state index in [9.17, 15) is 17.9 Å². The highest BCUT2D eigenvalue weighted by molar-refractivity contribution is 7.89. The van der Waals surface area contributed by atoms with Gasteiger partial charge in [-0.15, -0.1) is 0 Å². The van der Waals surface area contributed by atoms with Crippen LogP contribution < -0.4 is 5.73 Å². The maximum atomic E-state index is 13.8. The van der Waals surface area contributed by atoms with Crippen LogP contribution in [0.25, 0.3) is 0 Å². The maximum Gasteiger partial charge on any atom is 0.245 e. The van der Waals surface area contributed by atoms with E-state index in [1.54, 1.807) is 0 Å². The van der Waals surface area contributed by atoms with Gasteiger partial charge in [0.2, 0.25) is 10.0 Å². The van der Waals surface area contributed by atoms with Crippen LogP contribution >= 0.6 is 11.6 Å². The summed E-state index contributed by atoms with van der Waals surface area (Å²) < 4.78 is 43.8. The highest BCUT2D eigenvalue weighted by Crippen LogP contribution is 2.27. The summed E-state index contributed by atoms with van der Waals surface area (Å²) in [4.78, 5) is -0.630. The first-order valence-electron chi connectivity index (χ1n) is 5.58. The Balaban J connectivity index is 3.11. The number of benzene rings is 1. The Morgan fingerprint density at radius 3 is 2.70 bits per heavy atom. The van der Waals surface area contributed by atoms with Crippen LogP contribution in [0, 0.1) is 5.82 Å². The van der Waals surface area contributed by atoms with Gasteiger partial charge in [0.05, 0.1) is 18.4 Å². The topological polar surface area (TPSA) is 92.9 Å². The molecule has 0 heterocycles. The van der Waals surface area contributed by atoms with Gasteiger partial charge in [0.15, 0.2) is 5.82 Å². The van der Waals surface area contributed by atoms with E-state index in [-0.39, 0.29) is 23.9 Å². The van der Waals surface area contributed by atoms with Crippen LogP contribution in [0.4, 0.5) is 10.1 Å². The standard InChI is InChI=1S/C11H16ClFN2O4S/c1-15(5-8(16)6-19-2)20(17,18)10-4-7(12)3-9(14)11(10)13/h3-4,8,16H,5-6,14H2,1-2H3. The molecular formula is C11H16ClFN2O4S. The average Bonchev–Trinajstić information content (AvgIpc) is 2.33. The molecule has 0 aliphatic heterocycles. The SMILES string of the molecule is COCC(O)CN(C)S(=O)(=O)c1cc(Cl)cc(N)c1F. The van der Waals surface area contributed by atoms with E-state index in [0.29, 0.717) is 0 Å². The number of aliphatic hydroxyl groups is 1. The summed E-state index contributed by atoms with van der Waals surface area (Å²) in [7, 11) is -1.57. The van der Waals surface area contributed by atoms with Crippen molar-refractivity contribution in [1.82, 2.24) is 4.31 Å². The van der Waals surface area contributed by atoms with Crippen LogP contribution in [-0.2, 0) is 14.8 Å². The first-order valence-corrected chi connectivity index (χ1v) is 7.39. The molecule has 0 saturated carbocycles. The number of ether oxygens (including phenoxy) is 1. The zero-order valence-corrected chi connectivity index (χ0v) is 12.6. The molecule has 1 rings (SSSR count). The van der Waals surface area contributed by atoms with Crippen molar-refractivity contribution in [2.75, 3.05) is 33.0 Å². The molecule has 0 aromatic heterocycles. The summed E-state index contributed by atoms with van der Waals surface area (Å²) in [6.45, 7) is -0.290. The second-order valence-corrected chi connectivity index (χ2v) is 6.65. The molecule has 9 heteroatoms. The van der Waals surface area contributed by atoms with Gasteiger partial charge in [-0.25, -0.2) is 12.8 Å². The lowest BCUT2D eigenvalue weighted by atomic mass is 10.3. The summed E-state index contributed by atoms with van der Waals surface area (Å²) in [5, 5.41) is 9.54. The number of nitrogens with zero attached hydrogens (tertiary/aromatic N) is 1. The number of halogens is 2.